The van der Waals surface area contributed by atoms with E-state index in [0.717, 1.165) is 25.7 Å². The first kappa shape index (κ1) is 33.3. The van der Waals surface area contributed by atoms with Crippen LogP contribution in [0, 0.1) is 0 Å². The summed E-state index contributed by atoms with van der Waals surface area (Å²) < 4.78 is 21.9. The Hall–Kier alpha value is -5.04. The molecule has 1 aliphatic heterocycles. The van der Waals surface area contributed by atoms with Crippen molar-refractivity contribution in [2.45, 2.75) is 51.2 Å². The van der Waals surface area contributed by atoms with Gasteiger partial charge in [-0.05, 0) is 50.3 Å². The average Bonchev–Trinajstić information content (AvgIpc) is 3.61. The largest absolute Gasteiger partial charge is 0.482 e. The van der Waals surface area contributed by atoms with Gasteiger partial charge >= 0.3 is 18.0 Å². The van der Waals surface area contributed by atoms with Crippen molar-refractivity contribution in [2.75, 3.05) is 39.4 Å². The minimum Gasteiger partial charge on any atom is -0.482 e. The van der Waals surface area contributed by atoms with E-state index < -0.39 is 30.0 Å². The second-order valence-electron chi connectivity index (χ2n) is 11.2. The molecular formula is C34H39N5O8. The van der Waals surface area contributed by atoms with Gasteiger partial charge in [-0.3, -0.25) is 4.79 Å². The Kier molecular flexibility index (Phi) is 11.7. The van der Waals surface area contributed by atoms with E-state index in [-0.39, 0.29) is 37.3 Å². The molecule has 13 nitrogen and oxygen atoms in total. The Morgan fingerprint density at radius 3 is 2.49 bits per heavy atom. The highest BCUT2D eigenvalue weighted by molar-refractivity contribution is 5.97. The summed E-state index contributed by atoms with van der Waals surface area (Å²) in [5.41, 5.74) is 1.27. The van der Waals surface area contributed by atoms with Crippen LogP contribution in [0.1, 0.15) is 48.7 Å². The third kappa shape index (κ3) is 9.72. The van der Waals surface area contributed by atoms with Crippen molar-refractivity contribution >= 4 is 23.9 Å². The molecule has 47 heavy (non-hydrogen) atoms. The molecule has 2 heterocycles. The van der Waals surface area contributed by atoms with Gasteiger partial charge in [-0.25, -0.2) is 19.4 Å². The zero-order chi connectivity index (χ0) is 33.0. The molecule has 248 valence electrons. The predicted octanol–water partition coefficient (Wildman–Crippen LogP) is 3.32. The summed E-state index contributed by atoms with van der Waals surface area (Å²) in [4.78, 5) is 62.4. The van der Waals surface area contributed by atoms with Crippen LogP contribution in [0.5, 0.6) is 11.6 Å². The molecule has 1 saturated carbocycles. The number of esters is 2. The lowest BCUT2D eigenvalue weighted by Gasteiger charge is -2.27. The molecule has 1 atom stereocenters. The van der Waals surface area contributed by atoms with Crippen LogP contribution in [0.4, 0.5) is 4.79 Å². The van der Waals surface area contributed by atoms with Crippen molar-refractivity contribution in [2.24, 2.45) is 0 Å². The molecule has 2 aliphatic rings. The minimum atomic E-state index is -1.27. The smallest absolute Gasteiger partial charge is 0.417 e. The highest BCUT2D eigenvalue weighted by Crippen LogP contribution is 2.26. The third-order valence-electron chi connectivity index (χ3n) is 7.71. The maximum Gasteiger partial charge on any atom is 0.417 e. The van der Waals surface area contributed by atoms with Crippen LogP contribution >= 0.6 is 0 Å². The quantitative estimate of drug-likeness (QED) is 0.220. The van der Waals surface area contributed by atoms with E-state index in [4.69, 9.17) is 18.9 Å². The zero-order valence-corrected chi connectivity index (χ0v) is 26.3. The Morgan fingerprint density at radius 2 is 1.74 bits per heavy atom. The maximum absolute atomic E-state index is 13.8. The van der Waals surface area contributed by atoms with Gasteiger partial charge in [-0.1, -0.05) is 42.5 Å². The topological polar surface area (TPSA) is 158 Å². The van der Waals surface area contributed by atoms with E-state index in [2.05, 4.69) is 20.6 Å². The Bertz CT molecular complexity index is 1540. The maximum atomic E-state index is 13.8. The van der Waals surface area contributed by atoms with Crippen LogP contribution in [0.2, 0.25) is 0 Å². The van der Waals surface area contributed by atoms with E-state index in [9.17, 15) is 19.2 Å². The standard InChI is InChI=1S/C34H39N5O8/c1-2-44-30(40)22-45-26-14-8-9-23(19-26)20-28(33(42)47-34(43)39-17-15-35-16-18-39)37-32(41)27-21-29(46-25-12-6-7-13-25)38-31(36-27)24-10-4-3-5-11-24/h3-5,8-11,14,19,21,25,28,35H,2,6-7,12-13,15-18,20,22H2,1H3,(H,37,41). The number of ether oxygens (including phenoxy) is 4. The third-order valence-corrected chi connectivity index (χ3v) is 7.71. The van der Waals surface area contributed by atoms with Gasteiger partial charge in [0.2, 0.25) is 5.88 Å². The molecule has 0 spiro atoms. The Morgan fingerprint density at radius 1 is 0.979 bits per heavy atom. The van der Waals surface area contributed by atoms with E-state index in [1.165, 1.54) is 11.0 Å². The van der Waals surface area contributed by atoms with E-state index in [0.29, 0.717) is 48.9 Å². The molecule has 3 aromatic rings. The number of hydrogen-bond acceptors (Lipinski definition) is 11. The summed E-state index contributed by atoms with van der Waals surface area (Å²) in [5.74, 6) is -1.20. The summed E-state index contributed by atoms with van der Waals surface area (Å²) >= 11 is 0. The van der Waals surface area contributed by atoms with Crippen molar-refractivity contribution in [3.8, 4) is 23.0 Å². The number of nitrogens with zero attached hydrogens (tertiary/aromatic N) is 3. The van der Waals surface area contributed by atoms with Gasteiger partial charge < -0.3 is 34.5 Å². The number of nitrogens with one attached hydrogen (secondary N) is 2. The summed E-state index contributed by atoms with van der Waals surface area (Å²) in [6.45, 7) is 3.56. The highest BCUT2D eigenvalue weighted by Gasteiger charge is 2.29. The lowest BCUT2D eigenvalue weighted by atomic mass is 10.1. The number of benzene rings is 2. The minimum absolute atomic E-state index is 0.00963. The molecule has 2 amide bonds. The monoisotopic (exact) mass is 645 g/mol. The van der Waals surface area contributed by atoms with Crippen LogP contribution in [-0.2, 0) is 25.5 Å². The van der Waals surface area contributed by atoms with Crippen molar-refractivity contribution in [1.29, 1.82) is 0 Å². The summed E-state index contributed by atoms with van der Waals surface area (Å²) in [6, 6.07) is 16.1. The van der Waals surface area contributed by atoms with Crippen molar-refractivity contribution in [1.82, 2.24) is 25.5 Å². The number of carbonyl (C=O) groups excluding carboxylic acids is 4. The van der Waals surface area contributed by atoms with E-state index >= 15 is 0 Å². The van der Waals surface area contributed by atoms with Gasteiger partial charge in [0.15, 0.2) is 12.4 Å². The van der Waals surface area contributed by atoms with Crippen molar-refractivity contribution in [3.63, 3.8) is 0 Å². The molecule has 2 aromatic carbocycles. The summed E-state index contributed by atoms with van der Waals surface area (Å²) in [6.07, 6.45) is 3.05. The van der Waals surface area contributed by atoms with E-state index in [1.807, 2.05) is 30.3 Å². The fourth-order valence-corrected chi connectivity index (χ4v) is 5.33. The van der Waals surface area contributed by atoms with Gasteiger partial charge in [0.25, 0.3) is 5.91 Å². The highest BCUT2D eigenvalue weighted by atomic mass is 16.6. The number of carbonyl (C=O) groups is 4. The normalized spacial score (nSPS) is 15.4. The molecular weight excluding hydrogens is 606 g/mol. The molecule has 0 bridgehead atoms. The average molecular weight is 646 g/mol. The van der Waals surface area contributed by atoms with Crippen LogP contribution in [0.3, 0.4) is 0 Å². The lowest BCUT2D eigenvalue weighted by molar-refractivity contribution is -0.145. The van der Waals surface area contributed by atoms with Crippen molar-refractivity contribution in [3.05, 3.63) is 71.9 Å². The number of amides is 2. The van der Waals surface area contributed by atoms with Gasteiger partial charge in [0.1, 0.15) is 23.6 Å². The van der Waals surface area contributed by atoms with Crippen LogP contribution in [-0.4, -0.2) is 90.3 Å². The molecule has 5 rings (SSSR count). The fraction of sp³-hybridized carbons (Fsp3) is 0.412. The second-order valence-corrected chi connectivity index (χ2v) is 11.2. The van der Waals surface area contributed by atoms with E-state index in [1.54, 1.807) is 31.2 Å². The predicted molar refractivity (Wildman–Crippen MR) is 170 cm³/mol. The molecule has 0 radical (unpaired) electrons. The first-order valence-electron chi connectivity index (χ1n) is 15.9. The molecule has 1 aromatic heterocycles. The SMILES string of the molecule is CCOC(=O)COc1cccc(CC(NC(=O)c2cc(OC3CCCC3)nc(-c3ccccc3)n2)C(=O)OC(=O)N2CCNCC2)c1. The summed E-state index contributed by atoms with van der Waals surface area (Å²) in [5, 5.41) is 5.86. The van der Waals surface area contributed by atoms with Crippen LogP contribution < -0.4 is 20.1 Å². The number of aromatic nitrogens is 2. The van der Waals surface area contributed by atoms with Gasteiger partial charge in [-0.2, -0.15) is 4.98 Å². The van der Waals surface area contributed by atoms with Crippen molar-refractivity contribution < 1.29 is 38.1 Å². The van der Waals surface area contributed by atoms with Crippen LogP contribution in [0.15, 0.2) is 60.7 Å². The molecule has 1 unspecified atom stereocenters. The van der Waals surface area contributed by atoms with Gasteiger partial charge in [0.05, 0.1) is 6.61 Å². The number of rotatable bonds is 12. The van der Waals surface area contributed by atoms with Crippen LogP contribution in [0.25, 0.3) is 11.4 Å². The van der Waals surface area contributed by atoms with Gasteiger partial charge in [-0.15, -0.1) is 0 Å². The number of hydrogen-bond donors (Lipinski definition) is 2. The molecule has 1 saturated heterocycles. The first-order valence-corrected chi connectivity index (χ1v) is 15.9. The lowest BCUT2D eigenvalue weighted by Crippen LogP contribution is -2.49. The molecule has 13 heteroatoms. The zero-order valence-electron chi connectivity index (χ0n) is 26.3. The molecule has 1 aliphatic carbocycles. The fourth-order valence-electron chi connectivity index (χ4n) is 5.33. The number of piperazine rings is 1. The van der Waals surface area contributed by atoms with Gasteiger partial charge in [0, 0.05) is 44.2 Å². The molecule has 2 fully saturated rings. The second kappa shape index (κ2) is 16.5. The molecule has 2 N–H and O–H groups in total. The Labute approximate surface area is 273 Å². The first-order chi connectivity index (χ1) is 22.9. The summed E-state index contributed by atoms with van der Waals surface area (Å²) in [7, 11) is 0. The Balaban J connectivity index is 1.38.